The van der Waals surface area contributed by atoms with Crippen LogP contribution in [0.25, 0.3) is 10.9 Å². The van der Waals surface area contributed by atoms with E-state index >= 15 is 0 Å². The van der Waals surface area contributed by atoms with E-state index in [1.54, 1.807) is 6.20 Å². The summed E-state index contributed by atoms with van der Waals surface area (Å²) in [6.07, 6.45) is 6.58. The van der Waals surface area contributed by atoms with Crippen LogP contribution >= 0.6 is 0 Å². The number of benzene rings is 1. The van der Waals surface area contributed by atoms with Crippen molar-refractivity contribution in [3.8, 4) is 6.07 Å². The van der Waals surface area contributed by atoms with E-state index in [-0.39, 0.29) is 11.0 Å². The van der Waals surface area contributed by atoms with Gasteiger partial charge in [-0.15, -0.1) is 0 Å². The second kappa shape index (κ2) is 6.33. The minimum absolute atomic E-state index is 0.163. The molecule has 4 nitrogen and oxygen atoms in total. The standard InChI is InChI=1S/C18H21N3O/c1-20-10-5-4-6-15(20)9-11-21-13-14(12-19)18(22)16-7-2-3-8-17(16)21/h2-3,7-8,13,15H,4-6,9-11H2,1H3/t15-/m1/s1. The van der Waals surface area contributed by atoms with Gasteiger partial charge in [0, 0.05) is 24.2 Å². The van der Waals surface area contributed by atoms with Crippen molar-refractivity contribution in [1.82, 2.24) is 9.47 Å². The Labute approximate surface area is 130 Å². The van der Waals surface area contributed by atoms with Crippen LogP contribution in [0.3, 0.4) is 0 Å². The number of likely N-dealkylation sites (tertiary alicyclic amines) is 1. The van der Waals surface area contributed by atoms with Crippen LogP contribution in [-0.4, -0.2) is 29.1 Å². The summed E-state index contributed by atoms with van der Waals surface area (Å²) in [7, 11) is 2.19. The number of piperidine rings is 1. The Hall–Kier alpha value is -2.12. The molecule has 22 heavy (non-hydrogen) atoms. The van der Waals surface area contributed by atoms with Crippen LogP contribution < -0.4 is 5.43 Å². The normalized spacial score (nSPS) is 19.2. The molecule has 1 atom stereocenters. The Balaban J connectivity index is 1.92. The average molecular weight is 295 g/mol. The molecule has 1 aromatic carbocycles. The van der Waals surface area contributed by atoms with Crippen molar-refractivity contribution in [2.24, 2.45) is 0 Å². The first-order valence-corrected chi connectivity index (χ1v) is 7.93. The van der Waals surface area contributed by atoms with Crippen LogP contribution in [-0.2, 0) is 6.54 Å². The number of fused-ring (bicyclic) bond motifs is 1. The molecular formula is C18H21N3O. The first kappa shape index (κ1) is 14.8. The number of hydrogen-bond acceptors (Lipinski definition) is 3. The quantitative estimate of drug-likeness (QED) is 0.875. The fourth-order valence-corrected chi connectivity index (χ4v) is 3.41. The van der Waals surface area contributed by atoms with E-state index in [0.717, 1.165) is 18.5 Å². The molecular weight excluding hydrogens is 274 g/mol. The fourth-order valence-electron chi connectivity index (χ4n) is 3.41. The third-order valence-corrected chi connectivity index (χ3v) is 4.73. The average Bonchev–Trinajstić information content (AvgIpc) is 2.56. The molecule has 4 heteroatoms. The van der Waals surface area contributed by atoms with Gasteiger partial charge >= 0.3 is 0 Å². The zero-order valence-electron chi connectivity index (χ0n) is 13.0. The second-order valence-corrected chi connectivity index (χ2v) is 6.11. The van der Waals surface area contributed by atoms with Gasteiger partial charge in [-0.25, -0.2) is 0 Å². The SMILES string of the molecule is CN1CCCC[C@@H]1CCn1cc(C#N)c(=O)c2ccccc21. The number of rotatable bonds is 3. The minimum Gasteiger partial charge on any atom is -0.346 e. The predicted molar refractivity (Wildman–Crippen MR) is 87.8 cm³/mol. The van der Waals surface area contributed by atoms with Crippen molar-refractivity contribution in [2.75, 3.05) is 13.6 Å². The number of nitriles is 1. The number of para-hydroxylation sites is 1. The minimum atomic E-state index is -0.163. The molecule has 0 unspecified atom stereocenters. The van der Waals surface area contributed by atoms with Gasteiger partial charge in [-0.3, -0.25) is 4.79 Å². The lowest BCUT2D eigenvalue weighted by atomic mass is 10.00. The van der Waals surface area contributed by atoms with E-state index in [0.29, 0.717) is 11.4 Å². The van der Waals surface area contributed by atoms with Gasteiger partial charge in [0.25, 0.3) is 0 Å². The number of nitrogens with zero attached hydrogens (tertiary/aromatic N) is 3. The summed E-state index contributed by atoms with van der Waals surface area (Å²) in [6.45, 7) is 2.00. The molecule has 1 aliphatic rings. The Morgan fingerprint density at radius 1 is 1.32 bits per heavy atom. The van der Waals surface area contributed by atoms with E-state index in [9.17, 15) is 10.1 Å². The number of aryl methyl sites for hydroxylation is 1. The lowest BCUT2D eigenvalue weighted by Crippen LogP contribution is -2.36. The summed E-state index contributed by atoms with van der Waals surface area (Å²) in [4.78, 5) is 14.7. The Kier molecular flexibility index (Phi) is 4.26. The fraction of sp³-hybridized carbons (Fsp3) is 0.444. The van der Waals surface area contributed by atoms with Crippen LogP contribution in [0.15, 0.2) is 35.3 Å². The summed E-state index contributed by atoms with van der Waals surface area (Å²) in [5.74, 6) is 0. The maximum Gasteiger partial charge on any atom is 0.207 e. The Bertz CT molecular complexity index is 772. The van der Waals surface area contributed by atoms with Crippen LogP contribution in [0.5, 0.6) is 0 Å². The summed E-state index contributed by atoms with van der Waals surface area (Å²) >= 11 is 0. The van der Waals surface area contributed by atoms with E-state index < -0.39 is 0 Å². The highest BCUT2D eigenvalue weighted by molar-refractivity contribution is 5.80. The van der Waals surface area contributed by atoms with Crippen LogP contribution in [0.1, 0.15) is 31.2 Å². The first-order chi connectivity index (χ1) is 10.7. The monoisotopic (exact) mass is 295 g/mol. The summed E-state index contributed by atoms with van der Waals surface area (Å²) in [6, 6.07) is 10.2. The largest absolute Gasteiger partial charge is 0.346 e. The van der Waals surface area contributed by atoms with Crippen molar-refractivity contribution >= 4 is 10.9 Å². The molecule has 0 saturated carbocycles. The van der Waals surface area contributed by atoms with E-state index in [1.807, 2.05) is 30.3 Å². The number of pyridine rings is 1. The molecule has 0 aliphatic carbocycles. The zero-order chi connectivity index (χ0) is 15.5. The van der Waals surface area contributed by atoms with Gasteiger partial charge in [0.05, 0.1) is 5.52 Å². The summed E-state index contributed by atoms with van der Waals surface area (Å²) < 4.78 is 2.07. The van der Waals surface area contributed by atoms with Gasteiger partial charge in [-0.05, 0) is 45.0 Å². The molecule has 1 aromatic heterocycles. The molecule has 114 valence electrons. The topological polar surface area (TPSA) is 49.0 Å². The Morgan fingerprint density at radius 2 is 2.14 bits per heavy atom. The molecule has 0 spiro atoms. The first-order valence-electron chi connectivity index (χ1n) is 7.93. The lowest BCUT2D eigenvalue weighted by Gasteiger charge is -2.32. The Morgan fingerprint density at radius 3 is 2.91 bits per heavy atom. The molecule has 2 heterocycles. The third-order valence-electron chi connectivity index (χ3n) is 4.73. The highest BCUT2D eigenvalue weighted by Crippen LogP contribution is 2.19. The maximum absolute atomic E-state index is 12.2. The van der Waals surface area contributed by atoms with Gasteiger partial charge < -0.3 is 9.47 Å². The van der Waals surface area contributed by atoms with Gasteiger partial charge in [0.2, 0.25) is 5.43 Å². The molecule has 0 amide bonds. The van der Waals surface area contributed by atoms with Gasteiger partial charge in [0.15, 0.2) is 0 Å². The van der Waals surface area contributed by atoms with E-state index in [2.05, 4.69) is 16.5 Å². The van der Waals surface area contributed by atoms with Gasteiger partial charge in [-0.1, -0.05) is 18.6 Å². The smallest absolute Gasteiger partial charge is 0.207 e. The zero-order valence-corrected chi connectivity index (χ0v) is 13.0. The summed E-state index contributed by atoms with van der Waals surface area (Å²) in [5.41, 5.74) is 0.991. The molecule has 1 saturated heterocycles. The van der Waals surface area contributed by atoms with Crippen LogP contribution in [0.4, 0.5) is 0 Å². The van der Waals surface area contributed by atoms with Crippen molar-refractivity contribution in [2.45, 2.75) is 38.3 Å². The van der Waals surface area contributed by atoms with Crippen molar-refractivity contribution in [3.05, 3.63) is 46.2 Å². The lowest BCUT2D eigenvalue weighted by molar-refractivity contribution is 0.171. The molecule has 0 N–H and O–H groups in total. The number of hydrogen-bond donors (Lipinski definition) is 0. The predicted octanol–water partition coefficient (Wildman–Crippen LogP) is 2.75. The number of aromatic nitrogens is 1. The van der Waals surface area contributed by atoms with Gasteiger partial charge in [-0.2, -0.15) is 5.26 Å². The van der Waals surface area contributed by atoms with Crippen molar-refractivity contribution in [1.29, 1.82) is 5.26 Å². The molecule has 1 aliphatic heterocycles. The highest BCUT2D eigenvalue weighted by atomic mass is 16.1. The van der Waals surface area contributed by atoms with E-state index in [4.69, 9.17) is 0 Å². The maximum atomic E-state index is 12.2. The highest BCUT2D eigenvalue weighted by Gasteiger charge is 2.19. The molecule has 1 fully saturated rings. The third kappa shape index (κ3) is 2.77. The molecule has 2 aromatic rings. The molecule has 0 radical (unpaired) electrons. The van der Waals surface area contributed by atoms with E-state index in [1.165, 1.54) is 25.8 Å². The van der Waals surface area contributed by atoms with Gasteiger partial charge in [0.1, 0.15) is 11.6 Å². The molecule has 3 rings (SSSR count). The summed E-state index contributed by atoms with van der Waals surface area (Å²) in [5, 5.41) is 9.83. The molecule has 0 bridgehead atoms. The van der Waals surface area contributed by atoms with Crippen LogP contribution in [0, 0.1) is 11.3 Å². The second-order valence-electron chi connectivity index (χ2n) is 6.11. The van der Waals surface area contributed by atoms with Crippen molar-refractivity contribution < 1.29 is 0 Å². The van der Waals surface area contributed by atoms with Crippen LogP contribution in [0.2, 0.25) is 0 Å². The van der Waals surface area contributed by atoms with Crippen molar-refractivity contribution in [3.63, 3.8) is 0 Å².